The van der Waals surface area contributed by atoms with Crippen LogP contribution in [0.15, 0.2) is 6.07 Å². The zero-order valence-electron chi connectivity index (χ0n) is 12.3. The average molecular weight is 316 g/mol. The standard InChI is InChI=1S/C15H23Cl2N3/c1-4-18-14-12(16)8-13(17)15(20-14)19-11-6-5-9(2)10(3)7-11/h8-11H,4-7H2,1-3H3,(H2,18,19,20). The molecule has 1 aromatic heterocycles. The molecule has 1 fully saturated rings. The number of nitrogens with one attached hydrogen (secondary N) is 2. The number of nitrogens with zero attached hydrogens (tertiary/aromatic N) is 1. The third-order valence-electron chi connectivity index (χ3n) is 4.21. The van der Waals surface area contributed by atoms with E-state index < -0.39 is 0 Å². The van der Waals surface area contributed by atoms with Crippen LogP contribution in [0.2, 0.25) is 10.0 Å². The lowest BCUT2D eigenvalue weighted by atomic mass is 9.79. The molecule has 3 atom stereocenters. The van der Waals surface area contributed by atoms with Gasteiger partial charge in [-0.15, -0.1) is 0 Å². The highest BCUT2D eigenvalue weighted by Gasteiger charge is 2.25. The molecule has 0 bridgehead atoms. The van der Waals surface area contributed by atoms with Crippen molar-refractivity contribution in [1.82, 2.24) is 4.98 Å². The van der Waals surface area contributed by atoms with Crippen molar-refractivity contribution in [1.29, 1.82) is 0 Å². The van der Waals surface area contributed by atoms with E-state index in [0.717, 1.165) is 24.2 Å². The predicted molar refractivity (Wildman–Crippen MR) is 88.0 cm³/mol. The lowest BCUT2D eigenvalue weighted by molar-refractivity contribution is 0.260. The number of rotatable bonds is 4. The first-order valence-corrected chi connectivity index (χ1v) is 8.13. The summed E-state index contributed by atoms with van der Waals surface area (Å²) >= 11 is 12.4. The van der Waals surface area contributed by atoms with Crippen molar-refractivity contribution < 1.29 is 0 Å². The molecule has 1 aliphatic rings. The molecule has 2 rings (SSSR count). The van der Waals surface area contributed by atoms with Gasteiger partial charge in [-0.3, -0.25) is 0 Å². The summed E-state index contributed by atoms with van der Waals surface area (Å²) in [5, 5.41) is 7.79. The molecule has 1 saturated carbocycles. The van der Waals surface area contributed by atoms with Crippen LogP contribution in [-0.4, -0.2) is 17.6 Å². The van der Waals surface area contributed by atoms with Gasteiger partial charge in [0.05, 0.1) is 10.0 Å². The molecule has 0 amide bonds. The molecule has 20 heavy (non-hydrogen) atoms. The monoisotopic (exact) mass is 315 g/mol. The fraction of sp³-hybridized carbons (Fsp3) is 0.667. The number of halogens is 2. The third kappa shape index (κ3) is 3.70. The molecule has 0 aromatic carbocycles. The van der Waals surface area contributed by atoms with E-state index >= 15 is 0 Å². The number of aromatic nitrogens is 1. The lowest BCUT2D eigenvalue weighted by Crippen LogP contribution is -2.30. The van der Waals surface area contributed by atoms with Crippen LogP contribution in [0, 0.1) is 11.8 Å². The topological polar surface area (TPSA) is 37.0 Å². The van der Waals surface area contributed by atoms with Gasteiger partial charge in [0, 0.05) is 12.6 Å². The van der Waals surface area contributed by atoms with Gasteiger partial charge >= 0.3 is 0 Å². The normalized spacial score (nSPS) is 26.4. The molecule has 0 saturated heterocycles. The Morgan fingerprint density at radius 3 is 2.50 bits per heavy atom. The first kappa shape index (κ1) is 15.7. The van der Waals surface area contributed by atoms with Gasteiger partial charge in [0.15, 0.2) is 0 Å². The van der Waals surface area contributed by atoms with Gasteiger partial charge in [0.25, 0.3) is 0 Å². The van der Waals surface area contributed by atoms with Gasteiger partial charge in [0.2, 0.25) is 0 Å². The Kier molecular flexibility index (Phi) is 5.39. The molecule has 0 aliphatic heterocycles. The van der Waals surface area contributed by atoms with E-state index in [1.54, 1.807) is 6.07 Å². The van der Waals surface area contributed by atoms with Crippen molar-refractivity contribution in [3.05, 3.63) is 16.1 Å². The first-order valence-electron chi connectivity index (χ1n) is 7.37. The maximum absolute atomic E-state index is 6.25. The Hall–Kier alpha value is -0.670. The average Bonchev–Trinajstić information content (AvgIpc) is 2.39. The molecule has 0 spiro atoms. The van der Waals surface area contributed by atoms with Gasteiger partial charge in [-0.2, -0.15) is 0 Å². The fourth-order valence-corrected chi connectivity index (χ4v) is 3.21. The molecular formula is C15H23Cl2N3. The van der Waals surface area contributed by atoms with Crippen molar-refractivity contribution in [3.8, 4) is 0 Å². The maximum atomic E-state index is 6.25. The Labute approximate surface area is 131 Å². The molecular weight excluding hydrogens is 293 g/mol. The summed E-state index contributed by atoms with van der Waals surface area (Å²) in [6, 6.07) is 2.20. The van der Waals surface area contributed by atoms with Gasteiger partial charge in [-0.05, 0) is 44.1 Å². The van der Waals surface area contributed by atoms with Crippen LogP contribution in [0.4, 0.5) is 11.6 Å². The smallest absolute Gasteiger partial charge is 0.147 e. The lowest BCUT2D eigenvalue weighted by Gasteiger charge is -2.33. The molecule has 0 radical (unpaired) electrons. The Balaban J connectivity index is 2.10. The zero-order chi connectivity index (χ0) is 14.7. The van der Waals surface area contributed by atoms with Gasteiger partial charge in [-0.25, -0.2) is 4.98 Å². The van der Waals surface area contributed by atoms with Crippen LogP contribution in [0.1, 0.15) is 40.0 Å². The van der Waals surface area contributed by atoms with Crippen LogP contribution < -0.4 is 10.6 Å². The van der Waals surface area contributed by atoms with Crippen LogP contribution in [0.5, 0.6) is 0 Å². The summed E-state index contributed by atoms with van der Waals surface area (Å²) in [7, 11) is 0. The quantitative estimate of drug-likeness (QED) is 0.815. The zero-order valence-corrected chi connectivity index (χ0v) is 13.9. The van der Waals surface area contributed by atoms with Crippen molar-refractivity contribution >= 4 is 34.8 Å². The fourth-order valence-electron chi connectivity index (χ4n) is 2.73. The van der Waals surface area contributed by atoms with Crippen molar-refractivity contribution in [2.45, 2.75) is 46.1 Å². The van der Waals surface area contributed by atoms with Crippen LogP contribution in [0.3, 0.4) is 0 Å². The largest absolute Gasteiger partial charge is 0.369 e. The van der Waals surface area contributed by atoms with E-state index in [2.05, 4.69) is 29.5 Å². The van der Waals surface area contributed by atoms with Gasteiger partial charge in [0.1, 0.15) is 11.6 Å². The molecule has 5 heteroatoms. The summed E-state index contributed by atoms with van der Waals surface area (Å²) in [4.78, 5) is 4.51. The minimum Gasteiger partial charge on any atom is -0.369 e. The van der Waals surface area contributed by atoms with E-state index in [1.807, 2.05) is 6.92 Å². The van der Waals surface area contributed by atoms with Gasteiger partial charge < -0.3 is 10.6 Å². The summed E-state index contributed by atoms with van der Waals surface area (Å²) in [6.07, 6.45) is 3.59. The third-order valence-corrected chi connectivity index (χ3v) is 4.79. The van der Waals surface area contributed by atoms with E-state index in [0.29, 0.717) is 21.9 Å². The predicted octanol–water partition coefficient (Wildman–Crippen LogP) is 5.06. The van der Waals surface area contributed by atoms with Crippen molar-refractivity contribution in [2.24, 2.45) is 11.8 Å². The molecule has 2 N–H and O–H groups in total. The highest BCUT2D eigenvalue weighted by molar-refractivity contribution is 6.37. The SMILES string of the molecule is CCNc1nc(NC2CCC(C)C(C)C2)c(Cl)cc1Cl. The van der Waals surface area contributed by atoms with Crippen molar-refractivity contribution in [2.75, 3.05) is 17.2 Å². The Morgan fingerprint density at radius 2 is 1.85 bits per heavy atom. The molecule has 3 nitrogen and oxygen atoms in total. The number of hydrogen-bond donors (Lipinski definition) is 2. The molecule has 3 unspecified atom stereocenters. The maximum Gasteiger partial charge on any atom is 0.147 e. The van der Waals surface area contributed by atoms with Gasteiger partial charge in [-0.1, -0.05) is 37.0 Å². The second-order valence-electron chi connectivity index (χ2n) is 5.79. The van der Waals surface area contributed by atoms with E-state index in [-0.39, 0.29) is 0 Å². The highest BCUT2D eigenvalue weighted by Crippen LogP contribution is 2.34. The molecule has 1 aliphatic carbocycles. The van der Waals surface area contributed by atoms with Crippen LogP contribution >= 0.6 is 23.2 Å². The molecule has 1 heterocycles. The van der Waals surface area contributed by atoms with Crippen LogP contribution in [0.25, 0.3) is 0 Å². The summed E-state index contributed by atoms with van der Waals surface area (Å²) in [5.74, 6) is 2.97. The van der Waals surface area contributed by atoms with Crippen molar-refractivity contribution in [3.63, 3.8) is 0 Å². The number of hydrogen-bond acceptors (Lipinski definition) is 3. The van der Waals surface area contributed by atoms with Crippen LogP contribution in [-0.2, 0) is 0 Å². The van der Waals surface area contributed by atoms with E-state index in [1.165, 1.54) is 19.3 Å². The number of anilines is 2. The molecule has 112 valence electrons. The Morgan fingerprint density at radius 1 is 1.15 bits per heavy atom. The minimum atomic E-state index is 0.446. The highest BCUT2D eigenvalue weighted by atomic mass is 35.5. The minimum absolute atomic E-state index is 0.446. The van der Waals surface area contributed by atoms with E-state index in [4.69, 9.17) is 23.2 Å². The van der Waals surface area contributed by atoms with E-state index in [9.17, 15) is 0 Å². The summed E-state index contributed by atoms with van der Waals surface area (Å²) < 4.78 is 0. The summed E-state index contributed by atoms with van der Waals surface area (Å²) in [6.45, 7) is 7.45. The summed E-state index contributed by atoms with van der Waals surface area (Å²) in [5.41, 5.74) is 0. The second kappa shape index (κ2) is 6.86. The second-order valence-corrected chi connectivity index (χ2v) is 6.60. The Bertz CT molecular complexity index is 465. The molecule has 1 aromatic rings. The first-order chi connectivity index (χ1) is 9.51. The number of pyridine rings is 1.